The number of aromatic nitrogens is 3. The Morgan fingerprint density at radius 3 is 2.44 bits per heavy atom. The fourth-order valence-electron chi connectivity index (χ4n) is 3.09. The molecule has 7 nitrogen and oxygen atoms in total. The van der Waals surface area contributed by atoms with E-state index in [1.165, 1.54) is 10.4 Å². The summed E-state index contributed by atoms with van der Waals surface area (Å²) in [6.45, 7) is 1.93. The molecule has 1 N–H and O–H groups in total. The molecule has 0 saturated carbocycles. The first-order valence-electron chi connectivity index (χ1n) is 8.50. The maximum atomic E-state index is 12.8. The highest BCUT2D eigenvalue weighted by molar-refractivity contribution is 7.89. The molecule has 0 unspecified atom stereocenters. The van der Waals surface area contributed by atoms with Crippen molar-refractivity contribution in [2.24, 2.45) is 0 Å². The molecule has 4 rings (SSSR count). The Morgan fingerprint density at radius 1 is 1.00 bits per heavy atom. The monoisotopic (exact) mass is 403 g/mol. The second-order valence-corrected chi connectivity index (χ2v) is 8.60. The molecule has 140 valence electrons. The zero-order valence-electron chi connectivity index (χ0n) is 14.4. The van der Waals surface area contributed by atoms with Gasteiger partial charge in [0.15, 0.2) is 5.82 Å². The summed E-state index contributed by atoms with van der Waals surface area (Å²) in [5, 5.41) is 7.81. The van der Waals surface area contributed by atoms with Gasteiger partial charge in [0, 0.05) is 55.2 Å². The lowest BCUT2D eigenvalue weighted by Gasteiger charge is -2.34. The number of halogens is 1. The van der Waals surface area contributed by atoms with Gasteiger partial charge in [-0.1, -0.05) is 17.7 Å². The lowest BCUT2D eigenvalue weighted by molar-refractivity contribution is 0.384. The fourth-order valence-corrected chi connectivity index (χ4v) is 4.81. The molecule has 9 heteroatoms. The molecule has 3 heterocycles. The van der Waals surface area contributed by atoms with Crippen LogP contribution in [0.25, 0.3) is 11.3 Å². The topological polar surface area (TPSA) is 82.2 Å². The van der Waals surface area contributed by atoms with Crippen molar-refractivity contribution in [3.05, 3.63) is 59.9 Å². The molecule has 0 spiro atoms. The number of aromatic amines is 1. The number of hydrogen-bond acceptors (Lipinski definition) is 5. The number of hydrogen-bond donors (Lipinski definition) is 1. The third-order valence-electron chi connectivity index (χ3n) is 4.55. The second-order valence-electron chi connectivity index (χ2n) is 6.22. The minimum Gasteiger partial charge on any atom is -0.352 e. The summed E-state index contributed by atoms with van der Waals surface area (Å²) in [6, 6.07) is 12.2. The highest BCUT2D eigenvalue weighted by atomic mass is 35.5. The number of nitrogens with zero attached hydrogens (tertiary/aromatic N) is 4. The van der Waals surface area contributed by atoms with Gasteiger partial charge in [-0.05, 0) is 30.3 Å². The first-order valence-corrected chi connectivity index (χ1v) is 10.3. The van der Waals surface area contributed by atoms with Crippen molar-refractivity contribution in [3.63, 3.8) is 0 Å². The predicted octanol–water partition coefficient (Wildman–Crippen LogP) is 2.64. The first-order chi connectivity index (χ1) is 13.0. The molecule has 3 aromatic rings. The van der Waals surface area contributed by atoms with Crippen LogP contribution in [-0.2, 0) is 10.0 Å². The number of piperazine rings is 1. The van der Waals surface area contributed by atoms with Gasteiger partial charge in [-0.2, -0.15) is 9.40 Å². The van der Waals surface area contributed by atoms with E-state index in [4.69, 9.17) is 11.6 Å². The van der Waals surface area contributed by atoms with Crippen molar-refractivity contribution < 1.29 is 8.42 Å². The van der Waals surface area contributed by atoms with E-state index in [0.29, 0.717) is 31.2 Å². The minimum absolute atomic E-state index is 0.225. The summed E-state index contributed by atoms with van der Waals surface area (Å²) in [4.78, 5) is 6.31. The van der Waals surface area contributed by atoms with Crippen LogP contribution in [0, 0.1) is 0 Å². The van der Waals surface area contributed by atoms with Crippen LogP contribution < -0.4 is 4.90 Å². The quantitative estimate of drug-likeness (QED) is 0.724. The molecule has 1 fully saturated rings. The van der Waals surface area contributed by atoms with Crippen molar-refractivity contribution in [1.29, 1.82) is 0 Å². The average Bonchev–Trinajstić information content (AvgIpc) is 3.19. The van der Waals surface area contributed by atoms with Crippen molar-refractivity contribution in [3.8, 4) is 11.3 Å². The molecule has 0 radical (unpaired) electrons. The van der Waals surface area contributed by atoms with Gasteiger partial charge in [0.25, 0.3) is 0 Å². The average molecular weight is 404 g/mol. The van der Waals surface area contributed by atoms with Crippen LogP contribution in [-0.4, -0.2) is 54.1 Å². The summed E-state index contributed by atoms with van der Waals surface area (Å²) < 4.78 is 27.1. The van der Waals surface area contributed by atoms with Crippen LogP contribution in [0.15, 0.2) is 59.8 Å². The first kappa shape index (κ1) is 18.0. The van der Waals surface area contributed by atoms with E-state index in [0.717, 1.165) is 17.1 Å². The Balaban J connectivity index is 1.46. The summed E-state index contributed by atoms with van der Waals surface area (Å²) >= 11 is 5.94. The largest absolute Gasteiger partial charge is 0.352 e. The zero-order chi connectivity index (χ0) is 18.9. The molecule has 2 aromatic heterocycles. The maximum absolute atomic E-state index is 12.8. The van der Waals surface area contributed by atoms with Crippen molar-refractivity contribution >= 4 is 27.4 Å². The molecule has 0 atom stereocenters. The number of pyridine rings is 1. The molecule has 0 aliphatic carbocycles. The number of sulfonamides is 1. The Bertz CT molecular complexity index is 1030. The summed E-state index contributed by atoms with van der Waals surface area (Å²) in [5.41, 5.74) is 1.91. The molecule has 1 aliphatic rings. The second kappa shape index (κ2) is 7.30. The van der Waals surface area contributed by atoms with Gasteiger partial charge in [0.05, 0.1) is 10.6 Å². The minimum atomic E-state index is -3.54. The Morgan fingerprint density at radius 2 is 1.74 bits per heavy atom. The summed E-state index contributed by atoms with van der Waals surface area (Å²) in [5.74, 6) is 0.807. The lowest BCUT2D eigenvalue weighted by atomic mass is 10.2. The van der Waals surface area contributed by atoms with Gasteiger partial charge in [0.2, 0.25) is 10.0 Å². The van der Waals surface area contributed by atoms with E-state index < -0.39 is 10.0 Å². The van der Waals surface area contributed by atoms with E-state index >= 15 is 0 Å². The van der Waals surface area contributed by atoms with Gasteiger partial charge >= 0.3 is 0 Å². The SMILES string of the molecule is O=S(=O)(c1cccc(Cl)c1)N1CCN(c2cc(-c3ccncc3)[nH]n2)CC1. The van der Waals surface area contributed by atoms with E-state index in [9.17, 15) is 8.42 Å². The number of rotatable bonds is 4. The van der Waals surface area contributed by atoms with Gasteiger partial charge in [-0.3, -0.25) is 10.1 Å². The Kier molecular flexibility index (Phi) is 4.86. The zero-order valence-corrected chi connectivity index (χ0v) is 16.0. The molecule has 1 aromatic carbocycles. The summed E-state index contributed by atoms with van der Waals surface area (Å²) in [7, 11) is -3.54. The van der Waals surface area contributed by atoms with Crippen LogP contribution in [0.2, 0.25) is 5.02 Å². The molecule has 1 aliphatic heterocycles. The fraction of sp³-hybridized carbons (Fsp3) is 0.222. The third kappa shape index (κ3) is 3.69. The van der Waals surface area contributed by atoms with Gasteiger partial charge in [-0.25, -0.2) is 8.42 Å². The van der Waals surface area contributed by atoms with Crippen LogP contribution in [0.1, 0.15) is 0 Å². The maximum Gasteiger partial charge on any atom is 0.243 e. The molecule has 0 amide bonds. The van der Waals surface area contributed by atoms with Crippen LogP contribution >= 0.6 is 11.6 Å². The van der Waals surface area contributed by atoms with Crippen molar-refractivity contribution in [1.82, 2.24) is 19.5 Å². The van der Waals surface area contributed by atoms with Crippen molar-refractivity contribution in [2.75, 3.05) is 31.1 Å². The summed E-state index contributed by atoms with van der Waals surface area (Å²) in [6.07, 6.45) is 3.46. The third-order valence-corrected chi connectivity index (χ3v) is 6.68. The number of anilines is 1. The molecular formula is C18H18ClN5O2S. The highest BCUT2D eigenvalue weighted by Gasteiger charge is 2.29. The number of benzene rings is 1. The Hall–Kier alpha value is -2.42. The van der Waals surface area contributed by atoms with E-state index in [1.54, 1.807) is 30.6 Å². The van der Waals surface area contributed by atoms with Crippen LogP contribution in [0.3, 0.4) is 0 Å². The standard InChI is InChI=1S/C18H18ClN5O2S/c19-15-2-1-3-16(12-15)27(25,26)24-10-8-23(9-11-24)18-13-17(21-22-18)14-4-6-20-7-5-14/h1-7,12-13H,8-11H2,(H,21,22). The van der Waals surface area contributed by atoms with Gasteiger partial charge < -0.3 is 4.90 Å². The van der Waals surface area contributed by atoms with Crippen molar-refractivity contribution in [2.45, 2.75) is 4.90 Å². The predicted molar refractivity (Wildman–Crippen MR) is 104 cm³/mol. The molecule has 27 heavy (non-hydrogen) atoms. The molecular weight excluding hydrogens is 386 g/mol. The van der Waals surface area contributed by atoms with Crippen LogP contribution in [0.4, 0.5) is 5.82 Å². The van der Waals surface area contributed by atoms with E-state index in [2.05, 4.69) is 20.1 Å². The molecule has 1 saturated heterocycles. The van der Waals surface area contributed by atoms with Crippen LogP contribution in [0.5, 0.6) is 0 Å². The van der Waals surface area contributed by atoms with E-state index in [-0.39, 0.29) is 4.90 Å². The van der Waals surface area contributed by atoms with E-state index in [1.807, 2.05) is 18.2 Å². The van der Waals surface area contributed by atoms with Gasteiger partial charge in [-0.15, -0.1) is 0 Å². The van der Waals surface area contributed by atoms with Gasteiger partial charge in [0.1, 0.15) is 0 Å². The Labute approximate surface area is 162 Å². The molecule has 0 bridgehead atoms. The number of H-pyrrole nitrogens is 1. The normalized spacial score (nSPS) is 15.8. The lowest BCUT2D eigenvalue weighted by Crippen LogP contribution is -2.48. The number of nitrogens with one attached hydrogen (secondary N) is 1. The smallest absolute Gasteiger partial charge is 0.243 e. The highest BCUT2D eigenvalue weighted by Crippen LogP contribution is 2.24.